The molecule has 1 fully saturated rings. The first-order chi connectivity index (χ1) is 12.8. The van der Waals surface area contributed by atoms with E-state index in [9.17, 15) is 19.2 Å². The second-order valence-corrected chi connectivity index (χ2v) is 6.70. The highest BCUT2D eigenvalue weighted by atomic mass is 32.2. The number of hydrogen-bond donors (Lipinski definition) is 0. The van der Waals surface area contributed by atoms with Crippen LogP contribution in [0.4, 0.5) is 4.79 Å². The van der Waals surface area contributed by atoms with E-state index in [4.69, 9.17) is 9.47 Å². The van der Waals surface area contributed by atoms with Crippen molar-refractivity contribution >= 4 is 40.9 Å². The van der Waals surface area contributed by atoms with Crippen LogP contribution in [0, 0.1) is 0 Å². The maximum Gasteiger partial charge on any atom is 0.343 e. The molecule has 1 heterocycles. The van der Waals surface area contributed by atoms with E-state index in [1.165, 1.54) is 13.2 Å². The molecule has 0 N–H and O–H groups in total. The number of carbonyl (C=O) groups is 4. The fourth-order valence-electron chi connectivity index (χ4n) is 2.13. The summed E-state index contributed by atoms with van der Waals surface area (Å²) in [6.45, 7) is 2.62. The summed E-state index contributed by atoms with van der Waals surface area (Å²) in [5.41, 5.74) is 0.511. The van der Waals surface area contributed by atoms with Gasteiger partial charge in [-0.2, -0.15) is 0 Å². The first kappa shape index (κ1) is 20.5. The molecule has 0 unspecified atom stereocenters. The molecule has 0 bridgehead atoms. The molecule has 2 amide bonds. The minimum absolute atomic E-state index is 0.145. The Hall–Kier alpha value is -2.81. The monoisotopic (exact) mass is 393 g/mol. The van der Waals surface area contributed by atoms with Crippen LogP contribution in [0.15, 0.2) is 29.2 Å². The first-order valence-electron chi connectivity index (χ1n) is 8.05. The highest BCUT2D eigenvalue weighted by Gasteiger charge is 2.37. The number of para-hydroxylation sites is 1. The summed E-state index contributed by atoms with van der Waals surface area (Å²) in [6, 6.07) is 6.73. The predicted octanol–water partition coefficient (Wildman–Crippen LogP) is 2.23. The minimum atomic E-state index is -0.657. The molecule has 0 atom stereocenters. The van der Waals surface area contributed by atoms with Crippen LogP contribution < -0.4 is 4.74 Å². The lowest BCUT2D eigenvalue weighted by Gasteiger charge is -2.13. The molecule has 1 aromatic carbocycles. The Morgan fingerprint density at radius 1 is 1.19 bits per heavy atom. The lowest BCUT2D eigenvalue weighted by Crippen LogP contribution is -2.35. The average molecular weight is 393 g/mol. The van der Waals surface area contributed by atoms with Crippen LogP contribution in [-0.2, 0) is 23.9 Å². The fourth-order valence-corrected chi connectivity index (χ4v) is 2.96. The van der Waals surface area contributed by atoms with Gasteiger partial charge in [-0.3, -0.25) is 19.3 Å². The zero-order valence-corrected chi connectivity index (χ0v) is 15.9. The maximum absolute atomic E-state index is 12.5. The molecule has 8 nitrogen and oxygen atoms in total. The molecular weight excluding hydrogens is 374 g/mol. The normalized spacial score (nSPS) is 15.4. The summed E-state index contributed by atoms with van der Waals surface area (Å²) < 4.78 is 14.9. The minimum Gasteiger partial charge on any atom is -0.481 e. The molecule has 1 aromatic rings. The Morgan fingerprint density at radius 2 is 1.89 bits per heavy atom. The van der Waals surface area contributed by atoms with Gasteiger partial charge in [0.15, 0.2) is 6.61 Å². The molecule has 1 aliphatic heterocycles. The van der Waals surface area contributed by atoms with E-state index in [0.717, 1.165) is 16.7 Å². The predicted molar refractivity (Wildman–Crippen MR) is 97.9 cm³/mol. The molecular formula is C18H19NO7S. The number of thioether (sulfide) groups is 1. The van der Waals surface area contributed by atoms with E-state index in [0.29, 0.717) is 11.3 Å². The summed E-state index contributed by atoms with van der Waals surface area (Å²) >= 11 is 0.719. The third-order valence-electron chi connectivity index (χ3n) is 3.31. The van der Waals surface area contributed by atoms with Crippen molar-refractivity contribution in [2.45, 2.75) is 20.0 Å². The van der Waals surface area contributed by atoms with E-state index in [1.807, 2.05) is 0 Å². The molecule has 2 rings (SSSR count). The number of benzene rings is 1. The van der Waals surface area contributed by atoms with Crippen molar-refractivity contribution in [3.63, 3.8) is 0 Å². The van der Waals surface area contributed by atoms with Gasteiger partial charge in [0, 0.05) is 5.56 Å². The van der Waals surface area contributed by atoms with Crippen molar-refractivity contribution in [3.05, 3.63) is 34.7 Å². The lowest BCUT2D eigenvalue weighted by atomic mass is 10.2. The first-order valence-corrected chi connectivity index (χ1v) is 8.87. The van der Waals surface area contributed by atoms with E-state index in [-0.39, 0.29) is 17.6 Å². The SMILES string of the molecule is COC(=O)COc1ccccc1/C=C1/SC(=O)N(CC(=O)OC(C)C)C1=O. The number of imide groups is 1. The van der Waals surface area contributed by atoms with Crippen LogP contribution in [0.2, 0.25) is 0 Å². The van der Waals surface area contributed by atoms with Gasteiger partial charge in [0.05, 0.1) is 18.1 Å². The number of rotatable bonds is 7. The quantitative estimate of drug-likeness (QED) is 0.514. The number of methoxy groups -OCH3 is 1. The third kappa shape index (κ3) is 5.58. The second kappa shape index (κ2) is 9.22. The van der Waals surface area contributed by atoms with E-state index in [2.05, 4.69) is 4.74 Å². The summed E-state index contributed by atoms with van der Waals surface area (Å²) in [6.07, 6.45) is 1.14. The van der Waals surface area contributed by atoms with Gasteiger partial charge in [-0.15, -0.1) is 0 Å². The number of ether oxygens (including phenoxy) is 3. The van der Waals surface area contributed by atoms with Gasteiger partial charge >= 0.3 is 11.9 Å². The van der Waals surface area contributed by atoms with Crippen LogP contribution in [0.25, 0.3) is 6.08 Å². The third-order valence-corrected chi connectivity index (χ3v) is 4.21. The Kier molecular flexibility index (Phi) is 7.00. The number of nitrogens with zero attached hydrogens (tertiary/aromatic N) is 1. The molecule has 0 aliphatic carbocycles. The molecule has 0 saturated carbocycles. The van der Waals surface area contributed by atoms with Gasteiger partial charge < -0.3 is 14.2 Å². The number of carbonyl (C=O) groups excluding carboxylic acids is 4. The largest absolute Gasteiger partial charge is 0.481 e. The highest BCUT2D eigenvalue weighted by Crippen LogP contribution is 2.33. The standard InChI is InChI=1S/C18H19NO7S/c1-11(2)26-15(20)9-19-17(22)14(27-18(19)23)8-12-6-4-5-7-13(12)25-10-16(21)24-3/h4-8,11H,9-10H2,1-3H3/b14-8+. The second-order valence-electron chi connectivity index (χ2n) is 5.71. The van der Waals surface area contributed by atoms with Crippen molar-refractivity contribution in [1.29, 1.82) is 0 Å². The zero-order valence-electron chi connectivity index (χ0n) is 15.1. The fraction of sp³-hybridized carbons (Fsp3) is 0.333. The number of esters is 2. The summed E-state index contributed by atoms with van der Waals surface area (Å²) in [5.74, 6) is -1.44. The molecule has 27 heavy (non-hydrogen) atoms. The van der Waals surface area contributed by atoms with Gasteiger partial charge in [0.1, 0.15) is 12.3 Å². The van der Waals surface area contributed by atoms with E-state index in [1.54, 1.807) is 38.1 Å². The smallest absolute Gasteiger partial charge is 0.343 e. The van der Waals surface area contributed by atoms with Crippen molar-refractivity contribution in [2.24, 2.45) is 0 Å². The molecule has 9 heteroatoms. The molecule has 1 saturated heterocycles. The van der Waals surface area contributed by atoms with Gasteiger partial charge in [-0.25, -0.2) is 4.79 Å². The Bertz CT molecular complexity index is 788. The van der Waals surface area contributed by atoms with Gasteiger partial charge in [0.25, 0.3) is 11.1 Å². The Morgan fingerprint density at radius 3 is 2.56 bits per heavy atom. The van der Waals surface area contributed by atoms with E-state index >= 15 is 0 Å². The summed E-state index contributed by atoms with van der Waals surface area (Å²) in [7, 11) is 1.25. The molecule has 144 valence electrons. The van der Waals surface area contributed by atoms with Crippen molar-refractivity contribution in [3.8, 4) is 5.75 Å². The van der Waals surface area contributed by atoms with Crippen molar-refractivity contribution < 1.29 is 33.4 Å². The summed E-state index contributed by atoms with van der Waals surface area (Å²) in [4.78, 5) is 48.5. The molecule has 0 spiro atoms. The van der Waals surface area contributed by atoms with Crippen LogP contribution in [0.5, 0.6) is 5.75 Å². The maximum atomic E-state index is 12.5. The van der Waals surface area contributed by atoms with Gasteiger partial charge in [0.2, 0.25) is 0 Å². The highest BCUT2D eigenvalue weighted by molar-refractivity contribution is 8.18. The lowest BCUT2D eigenvalue weighted by molar-refractivity contribution is -0.149. The number of amides is 2. The van der Waals surface area contributed by atoms with Gasteiger partial charge in [-0.05, 0) is 37.8 Å². The van der Waals surface area contributed by atoms with Gasteiger partial charge in [-0.1, -0.05) is 18.2 Å². The van der Waals surface area contributed by atoms with Crippen LogP contribution in [0.1, 0.15) is 19.4 Å². The molecule has 0 aromatic heterocycles. The Labute approximate surface area is 160 Å². The summed E-state index contributed by atoms with van der Waals surface area (Å²) in [5, 5.41) is -0.556. The average Bonchev–Trinajstić information content (AvgIpc) is 2.87. The number of hydrogen-bond acceptors (Lipinski definition) is 8. The van der Waals surface area contributed by atoms with E-state index < -0.39 is 29.6 Å². The molecule has 1 aliphatic rings. The topological polar surface area (TPSA) is 99.2 Å². The van der Waals surface area contributed by atoms with Crippen LogP contribution in [-0.4, -0.2) is 54.4 Å². The van der Waals surface area contributed by atoms with Crippen LogP contribution >= 0.6 is 11.8 Å². The zero-order chi connectivity index (χ0) is 20.0. The van der Waals surface area contributed by atoms with Crippen LogP contribution in [0.3, 0.4) is 0 Å². The van der Waals surface area contributed by atoms with Crippen molar-refractivity contribution in [1.82, 2.24) is 4.90 Å². The molecule has 0 radical (unpaired) electrons. The van der Waals surface area contributed by atoms with Crippen molar-refractivity contribution in [2.75, 3.05) is 20.3 Å². The Balaban J connectivity index is 2.16.